The molecule has 0 saturated heterocycles. The zero-order valence-corrected chi connectivity index (χ0v) is 12.5. The molecule has 5 heteroatoms. The number of amides is 1. The zero-order valence-electron chi connectivity index (χ0n) is 10.9. The molecule has 2 N–H and O–H groups in total. The van der Waals surface area contributed by atoms with Crippen LogP contribution in [0.1, 0.15) is 15.9 Å². The van der Waals surface area contributed by atoms with Gasteiger partial charge in [0, 0.05) is 23.6 Å². The molecule has 2 aromatic carbocycles. The van der Waals surface area contributed by atoms with Crippen LogP contribution >= 0.6 is 15.9 Å². The van der Waals surface area contributed by atoms with Gasteiger partial charge in [-0.2, -0.15) is 0 Å². The molecular formula is C15H14BrFN2O. The molecule has 3 nitrogen and oxygen atoms in total. The Morgan fingerprint density at radius 3 is 2.50 bits per heavy atom. The Balaban J connectivity index is 2.11. The number of carbonyl (C=O) groups excluding carboxylic acids is 1. The van der Waals surface area contributed by atoms with Crippen LogP contribution < -0.4 is 5.73 Å². The first-order chi connectivity index (χ1) is 9.47. The fourth-order valence-electron chi connectivity index (χ4n) is 1.83. The summed E-state index contributed by atoms with van der Waals surface area (Å²) < 4.78 is 14.1. The number of anilines is 1. The summed E-state index contributed by atoms with van der Waals surface area (Å²) in [5.41, 5.74) is 6.85. The molecule has 1 amide bonds. The highest BCUT2D eigenvalue weighted by Gasteiger charge is 2.13. The van der Waals surface area contributed by atoms with Crippen LogP contribution in [0.3, 0.4) is 0 Å². The predicted octanol–water partition coefficient (Wildman–Crippen LogP) is 3.44. The van der Waals surface area contributed by atoms with Crippen LogP contribution in [-0.4, -0.2) is 17.9 Å². The fourth-order valence-corrected chi connectivity index (χ4v) is 2.10. The molecule has 0 aliphatic carbocycles. The van der Waals surface area contributed by atoms with Gasteiger partial charge in [0.25, 0.3) is 5.91 Å². The average molecular weight is 337 g/mol. The molecule has 0 heterocycles. The number of nitrogens with zero attached hydrogens (tertiary/aromatic N) is 1. The van der Waals surface area contributed by atoms with Gasteiger partial charge in [0.05, 0.1) is 5.69 Å². The third kappa shape index (κ3) is 3.36. The summed E-state index contributed by atoms with van der Waals surface area (Å²) in [5.74, 6) is -0.711. The van der Waals surface area contributed by atoms with E-state index in [1.807, 2.05) is 24.3 Å². The van der Waals surface area contributed by atoms with E-state index in [0.29, 0.717) is 12.1 Å². The lowest BCUT2D eigenvalue weighted by molar-refractivity contribution is 0.0785. The van der Waals surface area contributed by atoms with Crippen LogP contribution in [0.4, 0.5) is 10.1 Å². The largest absolute Gasteiger partial charge is 0.396 e. The number of benzene rings is 2. The Morgan fingerprint density at radius 1 is 1.25 bits per heavy atom. The molecule has 0 aliphatic rings. The molecule has 0 unspecified atom stereocenters. The standard InChI is InChI=1S/C15H14BrFN2O/c1-19(9-10-2-5-12(16)6-3-10)15(20)11-4-7-13(17)14(18)8-11/h2-8H,9,18H2,1H3. The lowest BCUT2D eigenvalue weighted by Gasteiger charge is -2.17. The van der Waals surface area contributed by atoms with Crippen LogP contribution in [0.2, 0.25) is 0 Å². The second-order valence-corrected chi connectivity index (χ2v) is 5.44. The summed E-state index contributed by atoms with van der Waals surface area (Å²) in [7, 11) is 1.70. The molecule has 0 aliphatic heterocycles. The smallest absolute Gasteiger partial charge is 0.253 e. The number of carbonyl (C=O) groups is 1. The van der Waals surface area contributed by atoms with Crippen LogP contribution in [0.5, 0.6) is 0 Å². The van der Waals surface area contributed by atoms with Gasteiger partial charge < -0.3 is 10.6 Å². The molecule has 2 aromatic rings. The highest BCUT2D eigenvalue weighted by atomic mass is 79.9. The van der Waals surface area contributed by atoms with Crippen molar-refractivity contribution in [3.63, 3.8) is 0 Å². The van der Waals surface area contributed by atoms with Gasteiger partial charge in [-0.05, 0) is 35.9 Å². The van der Waals surface area contributed by atoms with E-state index in [1.165, 1.54) is 18.2 Å². The highest BCUT2D eigenvalue weighted by molar-refractivity contribution is 9.10. The summed E-state index contributed by atoms with van der Waals surface area (Å²) in [5, 5.41) is 0. The average Bonchev–Trinajstić information content (AvgIpc) is 2.43. The van der Waals surface area contributed by atoms with Gasteiger partial charge in [-0.25, -0.2) is 4.39 Å². The molecule has 0 aromatic heterocycles. The first-order valence-corrected chi connectivity index (χ1v) is 6.81. The molecule has 2 rings (SSSR count). The van der Waals surface area contributed by atoms with Gasteiger partial charge in [0.15, 0.2) is 0 Å². The molecule has 20 heavy (non-hydrogen) atoms. The SMILES string of the molecule is CN(Cc1ccc(Br)cc1)C(=O)c1ccc(F)c(N)c1. The van der Waals surface area contributed by atoms with E-state index in [9.17, 15) is 9.18 Å². The first-order valence-electron chi connectivity index (χ1n) is 6.02. The maximum atomic E-state index is 13.1. The highest BCUT2D eigenvalue weighted by Crippen LogP contribution is 2.16. The van der Waals surface area contributed by atoms with Gasteiger partial charge >= 0.3 is 0 Å². The van der Waals surface area contributed by atoms with E-state index in [1.54, 1.807) is 11.9 Å². The van der Waals surface area contributed by atoms with Gasteiger partial charge in [-0.3, -0.25) is 4.79 Å². The Bertz CT molecular complexity index is 628. The van der Waals surface area contributed by atoms with Crippen molar-refractivity contribution in [1.29, 1.82) is 0 Å². The van der Waals surface area contributed by atoms with Crippen molar-refractivity contribution in [2.75, 3.05) is 12.8 Å². The maximum absolute atomic E-state index is 13.1. The Kier molecular flexibility index (Phi) is 4.39. The first kappa shape index (κ1) is 14.5. The Labute approximate surface area is 125 Å². The van der Waals surface area contributed by atoms with E-state index >= 15 is 0 Å². The predicted molar refractivity (Wildman–Crippen MR) is 80.8 cm³/mol. The Morgan fingerprint density at radius 2 is 1.90 bits per heavy atom. The van der Waals surface area contributed by atoms with Crippen molar-refractivity contribution in [1.82, 2.24) is 4.90 Å². The lowest BCUT2D eigenvalue weighted by Crippen LogP contribution is -2.26. The molecule has 0 bridgehead atoms. The second-order valence-electron chi connectivity index (χ2n) is 4.52. The van der Waals surface area contributed by atoms with E-state index in [4.69, 9.17) is 5.73 Å². The number of nitrogen functional groups attached to an aromatic ring is 1. The van der Waals surface area contributed by atoms with Crippen molar-refractivity contribution in [3.8, 4) is 0 Å². The zero-order chi connectivity index (χ0) is 14.7. The quantitative estimate of drug-likeness (QED) is 0.872. The van der Waals surface area contributed by atoms with E-state index < -0.39 is 5.82 Å². The van der Waals surface area contributed by atoms with Crippen molar-refractivity contribution >= 4 is 27.5 Å². The van der Waals surface area contributed by atoms with Crippen molar-refractivity contribution in [2.24, 2.45) is 0 Å². The van der Waals surface area contributed by atoms with Crippen LogP contribution in [0.25, 0.3) is 0 Å². The van der Waals surface area contributed by atoms with E-state index in [2.05, 4.69) is 15.9 Å². The molecule has 0 atom stereocenters. The molecule has 104 valence electrons. The van der Waals surface area contributed by atoms with Crippen molar-refractivity contribution < 1.29 is 9.18 Å². The summed E-state index contributed by atoms with van der Waals surface area (Å²) in [6.07, 6.45) is 0. The molecule has 0 spiro atoms. The van der Waals surface area contributed by atoms with E-state index in [-0.39, 0.29) is 11.6 Å². The number of nitrogens with two attached hydrogens (primary N) is 1. The van der Waals surface area contributed by atoms with Gasteiger partial charge in [0.1, 0.15) is 5.82 Å². The maximum Gasteiger partial charge on any atom is 0.253 e. The third-order valence-electron chi connectivity index (χ3n) is 2.92. The summed E-state index contributed by atoms with van der Waals surface area (Å²) in [4.78, 5) is 13.8. The minimum Gasteiger partial charge on any atom is -0.396 e. The van der Waals surface area contributed by atoms with Crippen LogP contribution in [-0.2, 0) is 6.54 Å². The van der Waals surface area contributed by atoms with E-state index in [0.717, 1.165) is 10.0 Å². The second kappa shape index (κ2) is 6.05. The number of hydrogen-bond acceptors (Lipinski definition) is 2. The van der Waals surface area contributed by atoms with Crippen LogP contribution in [0, 0.1) is 5.82 Å². The molecule has 0 radical (unpaired) electrons. The minimum absolute atomic E-state index is 0.0205. The number of rotatable bonds is 3. The summed E-state index contributed by atoms with van der Waals surface area (Å²) in [6, 6.07) is 11.7. The topological polar surface area (TPSA) is 46.3 Å². The van der Waals surface area contributed by atoms with Gasteiger partial charge in [0.2, 0.25) is 0 Å². The molecule has 0 saturated carbocycles. The molecule has 0 fully saturated rings. The van der Waals surface area contributed by atoms with Crippen molar-refractivity contribution in [3.05, 3.63) is 63.9 Å². The van der Waals surface area contributed by atoms with Crippen LogP contribution in [0.15, 0.2) is 46.9 Å². The number of hydrogen-bond donors (Lipinski definition) is 1. The normalized spacial score (nSPS) is 10.3. The third-order valence-corrected chi connectivity index (χ3v) is 3.45. The summed E-state index contributed by atoms with van der Waals surface area (Å²) >= 11 is 3.36. The fraction of sp³-hybridized carbons (Fsp3) is 0.133. The van der Waals surface area contributed by atoms with Gasteiger partial charge in [-0.15, -0.1) is 0 Å². The minimum atomic E-state index is -0.517. The lowest BCUT2D eigenvalue weighted by atomic mass is 10.1. The number of halogens is 2. The monoisotopic (exact) mass is 336 g/mol. The Hall–Kier alpha value is -1.88. The van der Waals surface area contributed by atoms with Crippen molar-refractivity contribution in [2.45, 2.75) is 6.54 Å². The summed E-state index contributed by atoms with van der Waals surface area (Å²) in [6.45, 7) is 0.476. The van der Waals surface area contributed by atoms with Gasteiger partial charge in [-0.1, -0.05) is 28.1 Å². The molecular weight excluding hydrogens is 323 g/mol.